The number of aliphatic hydroxyl groups is 1. The Morgan fingerprint density at radius 1 is 1.56 bits per heavy atom. The first-order valence-electron chi connectivity index (χ1n) is 5.07. The average molecular weight is 287 g/mol. The van der Waals surface area contributed by atoms with Gasteiger partial charge in [0.1, 0.15) is 5.75 Å². The predicted octanol–water partition coefficient (Wildman–Crippen LogP) is 2.58. The van der Waals surface area contributed by atoms with Crippen molar-refractivity contribution < 1.29 is 14.6 Å². The van der Waals surface area contributed by atoms with E-state index >= 15 is 0 Å². The molecule has 0 aromatic heterocycles. The summed E-state index contributed by atoms with van der Waals surface area (Å²) in [6.45, 7) is 4.25. The number of aryl methyl sites for hydroxylation is 1. The van der Waals surface area contributed by atoms with E-state index in [4.69, 9.17) is 9.84 Å². The smallest absolute Gasteiger partial charge is 0.153 e. The third kappa shape index (κ3) is 3.32. The molecule has 0 aliphatic carbocycles. The zero-order valence-corrected chi connectivity index (χ0v) is 11.0. The molecule has 0 fully saturated rings. The van der Waals surface area contributed by atoms with Crippen LogP contribution in [0.5, 0.6) is 5.75 Å². The molecule has 1 N–H and O–H groups in total. The van der Waals surface area contributed by atoms with Crippen molar-refractivity contribution in [1.29, 1.82) is 0 Å². The second-order valence-electron chi connectivity index (χ2n) is 3.86. The first-order valence-corrected chi connectivity index (χ1v) is 5.86. The molecule has 4 heteroatoms. The SMILES string of the molecule is Cc1cc(Br)cc(C=O)c1OCC(C)CO. The Kier molecular flexibility index (Phi) is 4.96. The van der Waals surface area contributed by atoms with Crippen molar-refractivity contribution in [3.05, 3.63) is 27.7 Å². The predicted molar refractivity (Wildman–Crippen MR) is 66.0 cm³/mol. The molecule has 1 aromatic rings. The van der Waals surface area contributed by atoms with Gasteiger partial charge in [-0.25, -0.2) is 0 Å². The molecule has 16 heavy (non-hydrogen) atoms. The highest BCUT2D eigenvalue weighted by molar-refractivity contribution is 9.10. The van der Waals surface area contributed by atoms with E-state index in [0.717, 1.165) is 16.3 Å². The van der Waals surface area contributed by atoms with Crippen molar-refractivity contribution in [1.82, 2.24) is 0 Å². The second-order valence-corrected chi connectivity index (χ2v) is 4.77. The Morgan fingerprint density at radius 3 is 2.81 bits per heavy atom. The summed E-state index contributed by atoms with van der Waals surface area (Å²) in [7, 11) is 0. The van der Waals surface area contributed by atoms with E-state index < -0.39 is 0 Å². The summed E-state index contributed by atoms with van der Waals surface area (Å²) < 4.78 is 6.41. The summed E-state index contributed by atoms with van der Waals surface area (Å²) in [5, 5.41) is 8.90. The van der Waals surface area contributed by atoms with Crippen molar-refractivity contribution in [2.75, 3.05) is 13.2 Å². The fourth-order valence-corrected chi connectivity index (χ4v) is 1.91. The molecule has 0 radical (unpaired) electrons. The summed E-state index contributed by atoms with van der Waals surface area (Å²) in [5.74, 6) is 0.654. The van der Waals surface area contributed by atoms with E-state index in [9.17, 15) is 4.79 Å². The lowest BCUT2D eigenvalue weighted by Crippen LogP contribution is -2.13. The van der Waals surface area contributed by atoms with Gasteiger partial charge < -0.3 is 9.84 Å². The van der Waals surface area contributed by atoms with Crippen LogP contribution in [0.25, 0.3) is 0 Å². The van der Waals surface area contributed by atoms with Crippen LogP contribution in [0.1, 0.15) is 22.8 Å². The summed E-state index contributed by atoms with van der Waals surface area (Å²) in [5.41, 5.74) is 1.43. The van der Waals surface area contributed by atoms with Crippen LogP contribution in [0.2, 0.25) is 0 Å². The summed E-state index contributed by atoms with van der Waals surface area (Å²) >= 11 is 3.33. The molecule has 1 atom stereocenters. The highest BCUT2D eigenvalue weighted by atomic mass is 79.9. The van der Waals surface area contributed by atoms with Gasteiger partial charge in [-0.2, -0.15) is 0 Å². The molecule has 1 rings (SSSR count). The normalized spacial score (nSPS) is 12.2. The Morgan fingerprint density at radius 2 is 2.25 bits per heavy atom. The number of carbonyl (C=O) groups is 1. The molecular formula is C12H15BrO3. The van der Waals surface area contributed by atoms with E-state index in [0.29, 0.717) is 17.9 Å². The van der Waals surface area contributed by atoms with Crippen LogP contribution in [0.15, 0.2) is 16.6 Å². The zero-order chi connectivity index (χ0) is 12.1. The number of rotatable bonds is 5. The Bertz CT molecular complexity index is 377. The van der Waals surface area contributed by atoms with Gasteiger partial charge in [-0.15, -0.1) is 0 Å². The van der Waals surface area contributed by atoms with Crippen LogP contribution >= 0.6 is 15.9 Å². The zero-order valence-electron chi connectivity index (χ0n) is 9.37. The van der Waals surface area contributed by atoms with E-state index in [-0.39, 0.29) is 12.5 Å². The van der Waals surface area contributed by atoms with E-state index in [1.165, 1.54) is 0 Å². The van der Waals surface area contributed by atoms with Gasteiger partial charge in [-0.1, -0.05) is 22.9 Å². The second kappa shape index (κ2) is 6.01. The van der Waals surface area contributed by atoms with Crippen molar-refractivity contribution in [2.45, 2.75) is 13.8 Å². The van der Waals surface area contributed by atoms with Gasteiger partial charge in [0.2, 0.25) is 0 Å². The number of carbonyl (C=O) groups excluding carboxylic acids is 1. The van der Waals surface area contributed by atoms with Crippen molar-refractivity contribution in [2.24, 2.45) is 5.92 Å². The molecule has 0 bridgehead atoms. The molecule has 88 valence electrons. The minimum Gasteiger partial charge on any atom is -0.492 e. The van der Waals surface area contributed by atoms with Crippen LogP contribution in [0.4, 0.5) is 0 Å². The molecule has 0 aliphatic rings. The highest BCUT2D eigenvalue weighted by Gasteiger charge is 2.10. The minimum absolute atomic E-state index is 0.0579. The maximum atomic E-state index is 10.9. The number of benzene rings is 1. The average Bonchev–Trinajstić information content (AvgIpc) is 2.26. The Labute approximate surface area is 104 Å². The maximum absolute atomic E-state index is 10.9. The minimum atomic E-state index is 0.0579. The number of hydrogen-bond donors (Lipinski definition) is 1. The van der Waals surface area contributed by atoms with Crippen molar-refractivity contribution >= 4 is 22.2 Å². The highest BCUT2D eigenvalue weighted by Crippen LogP contribution is 2.27. The van der Waals surface area contributed by atoms with Crippen LogP contribution in [-0.2, 0) is 0 Å². The monoisotopic (exact) mass is 286 g/mol. The Hall–Kier alpha value is -0.870. The van der Waals surface area contributed by atoms with Gasteiger partial charge in [0.05, 0.1) is 12.2 Å². The maximum Gasteiger partial charge on any atom is 0.153 e. The fourth-order valence-electron chi connectivity index (χ4n) is 1.32. The number of aldehydes is 1. The largest absolute Gasteiger partial charge is 0.492 e. The van der Waals surface area contributed by atoms with E-state index in [1.807, 2.05) is 19.9 Å². The molecule has 0 heterocycles. The number of halogens is 1. The first-order chi connectivity index (χ1) is 7.58. The summed E-state index contributed by atoms with van der Waals surface area (Å²) in [6, 6.07) is 3.62. The summed E-state index contributed by atoms with van der Waals surface area (Å²) in [4.78, 5) is 10.9. The lowest BCUT2D eigenvalue weighted by atomic mass is 10.1. The molecule has 3 nitrogen and oxygen atoms in total. The van der Waals surface area contributed by atoms with Gasteiger partial charge in [0, 0.05) is 17.0 Å². The van der Waals surface area contributed by atoms with Crippen LogP contribution < -0.4 is 4.74 Å². The third-order valence-electron chi connectivity index (χ3n) is 2.22. The summed E-state index contributed by atoms with van der Waals surface area (Å²) in [6.07, 6.45) is 0.775. The molecule has 0 aliphatic heterocycles. The van der Waals surface area contributed by atoms with Gasteiger partial charge >= 0.3 is 0 Å². The molecule has 1 unspecified atom stereocenters. The lowest BCUT2D eigenvalue weighted by molar-refractivity contribution is 0.111. The fraction of sp³-hybridized carbons (Fsp3) is 0.417. The van der Waals surface area contributed by atoms with Crippen molar-refractivity contribution in [3.63, 3.8) is 0 Å². The quantitative estimate of drug-likeness (QED) is 0.847. The van der Waals surface area contributed by atoms with Gasteiger partial charge in [-0.3, -0.25) is 4.79 Å². The number of aliphatic hydroxyl groups excluding tert-OH is 1. The molecule has 0 saturated carbocycles. The molecule has 0 saturated heterocycles. The molecule has 0 spiro atoms. The van der Waals surface area contributed by atoms with Crippen molar-refractivity contribution in [3.8, 4) is 5.75 Å². The lowest BCUT2D eigenvalue weighted by Gasteiger charge is -2.14. The Balaban J connectivity index is 2.89. The van der Waals surface area contributed by atoms with Crippen LogP contribution in [-0.4, -0.2) is 24.6 Å². The van der Waals surface area contributed by atoms with E-state index in [1.54, 1.807) is 6.07 Å². The van der Waals surface area contributed by atoms with Gasteiger partial charge in [-0.05, 0) is 24.6 Å². The standard InChI is InChI=1S/C12H15BrO3/c1-8(5-14)7-16-12-9(2)3-11(13)4-10(12)6-15/h3-4,6,8,14H,5,7H2,1-2H3. The topological polar surface area (TPSA) is 46.5 Å². The van der Waals surface area contributed by atoms with Crippen LogP contribution in [0, 0.1) is 12.8 Å². The number of hydrogen-bond acceptors (Lipinski definition) is 3. The third-order valence-corrected chi connectivity index (χ3v) is 2.68. The number of ether oxygens (including phenoxy) is 1. The first kappa shape index (κ1) is 13.2. The van der Waals surface area contributed by atoms with E-state index in [2.05, 4.69) is 15.9 Å². The van der Waals surface area contributed by atoms with Gasteiger partial charge in [0.25, 0.3) is 0 Å². The molecule has 1 aromatic carbocycles. The molecule has 0 amide bonds. The van der Waals surface area contributed by atoms with Gasteiger partial charge in [0.15, 0.2) is 6.29 Å². The van der Waals surface area contributed by atoms with Crippen LogP contribution in [0.3, 0.4) is 0 Å². The molecular weight excluding hydrogens is 272 g/mol.